The molecule has 18 heavy (non-hydrogen) atoms. The van der Waals surface area contributed by atoms with Crippen molar-refractivity contribution < 1.29 is 0 Å². The van der Waals surface area contributed by atoms with E-state index in [1.165, 1.54) is 35.8 Å². The predicted octanol–water partition coefficient (Wildman–Crippen LogP) is 3.44. The smallest absolute Gasteiger partial charge is 0.0738 e. The van der Waals surface area contributed by atoms with Gasteiger partial charge in [0.05, 0.1) is 15.9 Å². The minimum absolute atomic E-state index is 0.302. The van der Waals surface area contributed by atoms with E-state index < -0.39 is 0 Å². The summed E-state index contributed by atoms with van der Waals surface area (Å²) in [5.41, 5.74) is 2.77. The van der Waals surface area contributed by atoms with Gasteiger partial charge in [0.2, 0.25) is 0 Å². The van der Waals surface area contributed by atoms with Crippen LogP contribution in [0.15, 0.2) is 4.47 Å². The molecule has 1 aromatic rings. The molecule has 102 valence electrons. The van der Waals surface area contributed by atoms with Crippen molar-refractivity contribution in [3.8, 4) is 0 Å². The topological polar surface area (TPSA) is 29.9 Å². The Labute approximate surface area is 118 Å². The van der Waals surface area contributed by atoms with Gasteiger partial charge in [-0.05, 0) is 55.6 Å². The Morgan fingerprint density at radius 1 is 1.44 bits per heavy atom. The summed E-state index contributed by atoms with van der Waals surface area (Å²) in [6, 6.07) is 0. The fraction of sp³-hybridized carbons (Fsp3) is 0.786. The predicted molar refractivity (Wildman–Crippen MR) is 78.9 cm³/mol. The maximum Gasteiger partial charge on any atom is 0.0738 e. The number of rotatable bonds is 5. The average Bonchev–Trinajstić information content (AvgIpc) is 2.90. The van der Waals surface area contributed by atoms with E-state index in [0.717, 1.165) is 25.2 Å². The van der Waals surface area contributed by atoms with E-state index in [-0.39, 0.29) is 0 Å². The zero-order valence-electron chi connectivity index (χ0n) is 11.7. The van der Waals surface area contributed by atoms with Crippen LogP contribution in [-0.4, -0.2) is 21.9 Å². The largest absolute Gasteiger partial charge is 0.311 e. The van der Waals surface area contributed by atoms with Gasteiger partial charge in [-0.1, -0.05) is 13.3 Å². The number of nitrogens with one attached hydrogen (secondary N) is 1. The molecule has 0 amide bonds. The number of aryl methyl sites for hydroxylation is 2. The van der Waals surface area contributed by atoms with E-state index >= 15 is 0 Å². The van der Waals surface area contributed by atoms with Crippen molar-refractivity contribution in [3.63, 3.8) is 0 Å². The van der Waals surface area contributed by atoms with Gasteiger partial charge in [0.1, 0.15) is 0 Å². The molecule has 1 atom stereocenters. The summed E-state index contributed by atoms with van der Waals surface area (Å²) >= 11 is 3.71. The lowest BCUT2D eigenvalue weighted by Crippen LogP contribution is -2.42. The van der Waals surface area contributed by atoms with Crippen molar-refractivity contribution in [2.75, 3.05) is 6.54 Å². The van der Waals surface area contributed by atoms with Gasteiger partial charge >= 0.3 is 0 Å². The Balaban J connectivity index is 2.26. The van der Waals surface area contributed by atoms with Gasteiger partial charge < -0.3 is 5.32 Å². The molecule has 4 heteroatoms. The van der Waals surface area contributed by atoms with Gasteiger partial charge in [0.25, 0.3) is 0 Å². The third-order valence-corrected chi connectivity index (χ3v) is 5.05. The molecule has 1 aromatic heterocycles. The van der Waals surface area contributed by atoms with Crippen LogP contribution in [0, 0.1) is 6.92 Å². The third-order valence-electron chi connectivity index (χ3n) is 4.02. The highest BCUT2D eigenvalue weighted by molar-refractivity contribution is 9.10. The van der Waals surface area contributed by atoms with Crippen LogP contribution < -0.4 is 5.32 Å². The van der Waals surface area contributed by atoms with E-state index in [2.05, 4.69) is 51.8 Å². The number of hydrogen-bond acceptors (Lipinski definition) is 2. The zero-order chi connectivity index (χ0) is 13.2. The molecule has 1 aliphatic heterocycles. The summed E-state index contributed by atoms with van der Waals surface area (Å²) in [5.74, 6) is 0. The van der Waals surface area contributed by atoms with Gasteiger partial charge in [-0.2, -0.15) is 5.10 Å². The molecule has 2 rings (SSSR count). The first-order valence-corrected chi connectivity index (χ1v) is 7.88. The average molecular weight is 314 g/mol. The van der Waals surface area contributed by atoms with Crippen LogP contribution in [0.2, 0.25) is 0 Å². The molecule has 0 aromatic carbocycles. The van der Waals surface area contributed by atoms with Crippen molar-refractivity contribution in [3.05, 3.63) is 15.9 Å². The van der Waals surface area contributed by atoms with Gasteiger partial charge in [0.15, 0.2) is 0 Å². The van der Waals surface area contributed by atoms with E-state index in [9.17, 15) is 0 Å². The highest BCUT2D eigenvalue weighted by Gasteiger charge is 2.34. The number of aromatic nitrogens is 2. The van der Waals surface area contributed by atoms with E-state index in [1.807, 2.05) is 0 Å². The van der Waals surface area contributed by atoms with Crippen LogP contribution in [0.4, 0.5) is 0 Å². The van der Waals surface area contributed by atoms with E-state index in [0.29, 0.717) is 5.54 Å². The molecule has 1 aliphatic rings. The van der Waals surface area contributed by atoms with Gasteiger partial charge in [-0.3, -0.25) is 4.68 Å². The molecule has 2 heterocycles. The van der Waals surface area contributed by atoms with Gasteiger partial charge in [-0.15, -0.1) is 0 Å². The second-order valence-electron chi connectivity index (χ2n) is 5.40. The molecule has 1 fully saturated rings. The standard InChI is InChI=1S/C14H24BrN3/c1-4-7-14(8-6-9-16-14)10-12-13(15)11(3)17-18(12)5-2/h16H,4-10H2,1-3H3. The molecule has 1 saturated heterocycles. The van der Waals surface area contributed by atoms with Crippen LogP contribution in [0.1, 0.15) is 50.9 Å². The number of halogens is 1. The van der Waals surface area contributed by atoms with Gasteiger partial charge in [0, 0.05) is 18.5 Å². The fourth-order valence-electron chi connectivity index (χ4n) is 3.16. The van der Waals surface area contributed by atoms with Crippen molar-refractivity contribution >= 4 is 15.9 Å². The molecule has 0 spiro atoms. The number of nitrogens with zero attached hydrogens (tertiary/aromatic N) is 2. The highest BCUT2D eigenvalue weighted by Crippen LogP contribution is 2.32. The quantitative estimate of drug-likeness (QED) is 0.902. The summed E-state index contributed by atoms with van der Waals surface area (Å²) in [7, 11) is 0. The molecular formula is C14H24BrN3. The SMILES string of the molecule is CCCC1(Cc2c(Br)c(C)nn2CC)CCCN1. The van der Waals surface area contributed by atoms with Crippen LogP contribution >= 0.6 is 15.9 Å². The monoisotopic (exact) mass is 313 g/mol. The van der Waals surface area contributed by atoms with Crippen LogP contribution in [0.5, 0.6) is 0 Å². The Morgan fingerprint density at radius 3 is 2.78 bits per heavy atom. The molecule has 1 N–H and O–H groups in total. The Hall–Kier alpha value is -0.350. The molecule has 3 nitrogen and oxygen atoms in total. The Morgan fingerprint density at radius 2 is 2.22 bits per heavy atom. The summed E-state index contributed by atoms with van der Waals surface area (Å²) in [6.45, 7) is 8.63. The molecule has 0 radical (unpaired) electrons. The van der Waals surface area contributed by atoms with Crippen molar-refractivity contribution in [1.82, 2.24) is 15.1 Å². The lowest BCUT2D eigenvalue weighted by atomic mass is 9.87. The first-order chi connectivity index (χ1) is 8.62. The van der Waals surface area contributed by atoms with Crippen LogP contribution in [0.25, 0.3) is 0 Å². The van der Waals surface area contributed by atoms with Crippen LogP contribution in [-0.2, 0) is 13.0 Å². The van der Waals surface area contributed by atoms with E-state index in [1.54, 1.807) is 0 Å². The van der Waals surface area contributed by atoms with Gasteiger partial charge in [-0.25, -0.2) is 0 Å². The summed E-state index contributed by atoms with van der Waals surface area (Å²) < 4.78 is 3.35. The lowest BCUT2D eigenvalue weighted by molar-refractivity contribution is 0.332. The van der Waals surface area contributed by atoms with Crippen molar-refractivity contribution in [2.24, 2.45) is 0 Å². The molecule has 0 saturated carbocycles. The Kier molecular flexibility index (Phi) is 4.49. The second-order valence-corrected chi connectivity index (χ2v) is 6.19. The van der Waals surface area contributed by atoms with Crippen molar-refractivity contribution in [2.45, 2.75) is 65.0 Å². The molecule has 0 bridgehead atoms. The van der Waals surface area contributed by atoms with Crippen LogP contribution in [0.3, 0.4) is 0 Å². The van der Waals surface area contributed by atoms with E-state index in [4.69, 9.17) is 0 Å². The summed E-state index contributed by atoms with van der Waals surface area (Å²) in [4.78, 5) is 0. The first kappa shape index (κ1) is 14.1. The molecular weight excluding hydrogens is 290 g/mol. The molecule has 0 aliphatic carbocycles. The summed E-state index contributed by atoms with van der Waals surface area (Å²) in [6.07, 6.45) is 6.19. The first-order valence-electron chi connectivity index (χ1n) is 7.08. The third kappa shape index (κ3) is 2.64. The maximum absolute atomic E-state index is 4.60. The summed E-state index contributed by atoms with van der Waals surface area (Å²) in [5, 5.41) is 8.35. The minimum Gasteiger partial charge on any atom is -0.311 e. The highest BCUT2D eigenvalue weighted by atomic mass is 79.9. The normalized spacial score (nSPS) is 23.8. The lowest BCUT2D eigenvalue weighted by Gasteiger charge is -2.29. The minimum atomic E-state index is 0.302. The maximum atomic E-state index is 4.60. The zero-order valence-corrected chi connectivity index (χ0v) is 13.3. The Bertz CT molecular complexity index is 405. The second kappa shape index (κ2) is 5.74. The molecule has 1 unspecified atom stereocenters. The van der Waals surface area contributed by atoms with Crippen molar-refractivity contribution in [1.29, 1.82) is 0 Å². The fourth-order valence-corrected chi connectivity index (χ4v) is 3.58. The number of hydrogen-bond donors (Lipinski definition) is 1.